The van der Waals surface area contributed by atoms with Crippen LogP contribution in [0, 0.1) is 0 Å². The molecular weight excluding hydrogens is 370 g/mol. The minimum Gasteiger partial charge on any atom is -0.362 e. The van der Waals surface area contributed by atoms with Gasteiger partial charge in [0.25, 0.3) is 0 Å². The van der Waals surface area contributed by atoms with Gasteiger partial charge in [-0.15, -0.1) is 0 Å². The number of imidazole rings is 1. The maximum atomic E-state index is 4.80. The summed E-state index contributed by atoms with van der Waals surface area (Å²) in [5, 5.41) is 3.44. The summed E-state index contributed by atoms with van der Waals surface area (Å²) in [5.74, 6) is 0.734. The summed E-state index contributed by atoms with van der Waals surface area (Å²) in [6.45, 7) is 2.12. The molecule has 0 unspecified atom stereocenters. The van der Waals surface area contributed by atoms with Crippen LogP contribution in [0.3, 0.4) is 0 Å². The average molecular weight is 391 g/mol. The third-order valence-electron chi connectivity index (χ3n) is 5.17. The third-order valence-corrected chi connectivity index (χ3v) is 5.17. The molecule has 0 amide bonds. The molecule has 0 radical (unpaired) electrons. The normalized spacial score (nSPS) is 12.0. The Balaban J connectivity index is 1.49. The largest absolute Gasteiger partial charge is 0.362 e. The molecule has 0 aliphatic heterocycles. The molecule has 1 atom stereocenters. The Morgan fingerprint density at radius 1 is 0.800 bits per heavy atom. The van der Waals surface area contributed by atoms with Gasteiger partial charge in [-0.2, -0.15) is 0 Å². The number of pyridine rings is 1. The number of aromatic nitrogens is 4. The van der Waals surface area contributed by atoms with Gasteiger partial charge in [-0.1, -0.05) is 60.7 Å². The van der Waals surface area contributed by atoms with Gasteiger partial charge in [0.15, 0.2) is 0 Å². The van der Waals surface area contributed by atoms with E-state index in [9.17, 15) is 0 Å². The second-order valence-corrected chi connectivity index (χ2v) is 7.22. The highest BCUT2D eigenvalue weighted by molar-refractivity contribution is 5.68. The van der Waals surface area contributed by atoms with E-state index in [4.69, 9.17) is 4.98 Å². The first-order valence-corrected chi connectivity index (χ1v) is 9.94. The van der Waals surface area contributed by atoms with Crippen LogP contribution < -0.4 is 5.32 Å². The molecule has 5 aromatic rings. The summed E-state index contributed by atoms with van der Waals surface area (Å²) < 4.78 is 2.07. The van der Waals surface area contributed by atoms with Gasteiger partial charge in [0, 0.05) is 12.2 Å². The number of benzene rings is 2. The van der Waals surface area contributed by atoms with Gasteiger partial charge >= 0.3 is 0 Å². The maximum absolute atomic E-state index is 4.80. The van der Waals surface area contributed by atoms with Crippen LogP contribution in [0.1, 0.15) is 18.5 Å². The van der Waals surface area contributed by atoms with Gasteiger partial charge in [-0.05, 0) is 35.7 Å². The molecule has 30 heavy (non-hydrogen) atoms. The molecule has 3 heterocycles. The Labute approximate surface area is 175 Å². The lowest BCUT2D eigenvalue weighted by Gasteiger charge is -2.15. The maximum Gasteiger partial charge on any atom is 0.145 e. The van der Waals surface area contributed by atoms with E-state index < -0.39 is 0 Å². The molecule has 5 nitrogen and oxygen atoms in total. The van der Waals surface area contributed by atoms with Crippen molar-refractivity contribution in [1.82, 2.24) is 19.4 Å². The van der Waals surface area contributed by atoms with Crippen molar-refractivity contribution in [1.29, 1.82) is 0 Å². The first-order chi connectivity index (χ1) is 14.8. The van der Waals surface area contributed by atoms with E-state index in [0.717, 1.165) is 34.0 Å². The highest BCUT2D eigenvalue weighted by Gasteiger charge is 2.11. The number of rotatable bonds is 5. The second-order valence-electron chi connectivity index (χ2n) is 7.22. The van der Waals surface area contributed by atoms with Crippen LogP contribution in [0.4, 0.5) is 5.82 Å². The van der Waals surface area contributed by atoms with Crippen molar-refractivity contribution in [3.05, 3.63) is 103 Å². The molecule has 0 aliphatic carbocycles. The second kappa shape index (κ2) is 7.79. The summed E-state index contributed by atoms with van der Waals surface area (Å²) in [4.78, 5) is 13.8. The molecule has 5 heteroatoms. The molecule has 2 aromatic carbocycles. The topological polar surface area (TPSA) is 55.1 Å². The van der Waals surface area contributed by atoms with Gasteiger partial charge in [0.05, 0.1) is 24.3 Å². The predicted octanol–water partition coefficient (Wildman–Crippen LogP) is 5.63. The molecule has 146 valence electrons. The minimum atomic E-state index is 0.127. The number of hydrogen-bond acceptors (Lipinski definition) is 4. The lowest BCUT2D eigenvalue weighted by atomic mass is 10.1. The Morgan fingerprint density at radius 3 is 2.37 bits per heavy atom. The summed E-state index contributed by atoms with van der Waals surface area (Å²) in [7, 11) is 0. The van der Waals surface area contributed by atoms with E-state index in [2.05, 4.69) is 63.1 Å². The number of anilines is 1. The molecule has 0 saturated carbocycles. The van der Waals surface area contributed by atoms with Gasteiger partial charge in [0.2, 0.25) is 0 Å². The minimum absolute atomic E-state index is 0.127. The summed E-state index contributed by atoms with van der Waals surface area (Å²) >= 11 is 0. The van der Waals surface area contributed by atoms with Crippen LogP contribution in [0.5, 0.6) is 0 Å². The smallest absolute Gasteiger partial charge is 0.145 e. The van der Waals surface area contributed by atoms with E-state index in [1.54, 1.807) is 12.4 Å². The molecule has 0 fully saturated rings. The van der Waals surface area contributed by atoms with E-state index in [-0.39, 0.29) is 6.04 Å². The highest BCUT2D eigenvalue weighted by atomic mass is 15.1. The third kappa shape index (κ3) is 3.53. The van der Waals surface area contributed by atoms with Crippen LogP contribution >= 0.6 is 0 Å². The summed E-state index contributed by atoms with van der Waals surface area (Å²) in [5.41, 5.74) is 6.05. The first-order valence-electron chi connectivity index (χ1n) is 9.94. The quantitative estimate of drug-likeness (QED) is 0.422. The van der Waals surface area contributed by atoms with Crippen molar-refractivity contribution >= 4 is 11.5 Å². The molecule has 0 bridgehead atoms. The standard InChI is InChI=1S/C25H21N5/c1-18(19-8-4-2-5-9-19)28-24-16-26-14-22(29-24)23-15-27-25-13-12-21(17-30(23)25)20-10-6-3-7-11-20/h2-18H,1H3,(H,28,29)/t18-/m0/s1. The highest BCUT2D eigenvalue weighted by Crippen LogP contribution is 2.25. The van der Waals surface area contributed by atoms with Gasteiger partial charge < -0.3 is 5.32 Å². The molecule has 0 aliphatic rings. The Bertz CT molecular complexity index is 1280. The fourth-order valence-corrected chi connectivity index (χ4v) is 3.58. The zero-order chi connectivity index (χ0) is 20.3. The number of nitrogens with zero attached hydrogens (tertiary/aromatic N) is 4. The number of hydrogen-bond donors (Lipinski definition) is 1. The monoisotopic (exact) mass is 391 g/mol. The van der Waals surface area contributed by atoms with Crippen LogP contribution in [0.25, 0.3) is 28.2 Å². The number of nitrogens with one attached hydrogen (secondary N) is 1. The molecule has 3 aromatic heterocycles. The van der Waals surface area contributed by atoms with E-state index in [1.807, 2.05) is 48.7 Å². The fraction of sp³-hybridized carbons (Fsp3) is 0.0800. The van der Waals surface area contributed by atoms with E-state index in [0.29, 0.717) is 0 Å². The Morgan fingerprint density at radius 2 is 1.57 bits per heavy atom. The first kappa shape index (κ1) is 18.1. The molecule has 1 N–H and O–H groups in total. The van der Waals surface area contributed by atoms with E-state index in [1.165, 1.54) is 5.56 Å². The van der Waals surface area contributed by atoms with Crippen LogP contribution in [0.2, 0.25) is 0 Å². The van der Waals surface area contributed by atoms with Crippen LogP contribution in [-0.2, 0) is 0 Å². The van der Waals surface area contributed by atoms with Gasteiger partial charge in [-0.25, -0.2) is 9.97 Å². The van der Waals surface area contributed by atoms with Crippen LogP contribution in [0.15, 0.2) is 97.6 Å². The van der Waals surface area contributed by atoms with Gasteiger partial charge in [0.1, 0.15) is 17.2 Å². The number of fused-ring (bicyclic) bond motifs is 1. The molecule has 5 rings (SSSR count). The molecular formula is C25H21N5. The zero-order valence-electron chi connectivity index (χ0n) is 16.6. The summed E-state index contributed by atoms with van der Waals surface area (Å²) in [6, 6.07) is 24.9. The lowest BCUT2D eigenvalue weighted by Crippen LogP contribution is -2.08. The Hall–Kier alpha value is -3.99. The van der Waals surface area contributed by atoms with Gasteiger partial charge in [-0.3, -0.25) is 9.38 Å². The van der Waals surface area contributed by atoms with Crippen molar-refractivity contribution in [3.63, 3.8) is 0 Å². The van der Waals surface area contributed by atoms with Crippen molar-refractivity contribution in [2.45, 2.75) is 13.0 Å². The zero-order valence-corrected chi connectivity index (χ0v) is 16.6. The van der Waals surface area contributed by atoms with Crippen LogP contribution in [-0.4, -0.2) is 19.4 Å². The average Bonchev–Trinajstić information content (AvgIpc) is 3.24. The SMILES string of the molecule is C[C@H](Nc1cncc(-c2cnc3ccc(-c4ccccc4)cn23)n1)c1ccccc1. The predicted molar refractivity (Wildman–Crippen MR) is 120 cm³/mol. The molecule has 0 saturated heterocycles. The van der Waals surface area contributed by atoms with Crippen molar-refractivity contribution in [3.8, 4) is 22.5 Å². The lowest BCUT2D eigenvalue weighted by molar-refractivity contribution is 0.871. The van der Waals surface area contributed by atoms with E-state index >= 15 is 0 Å². The Kier molecular flexibility index (Phi) is 4.69. The van der Waals surface area contributed by atoms with Crippen molar-refractivity contribution < 1.29 is 0 Å². The van der Waals surface area contributed by atoms with Crippen molar-refractivity contribution in [2.75, 3.05) is 5.32 Å². The van der Waals surface area contributed by atoms with Crippen molar-refractivity contribution in [2.24, 2.45) is 0 Å². The molecule has 0 spiro atoms. The summed E-state index contributed by atoms with van der Waals surface area (Å²) in [6.07, 6.45) is 7.47. The fourth-order valence-electron chi connectivity index (χ4n) is 3.58.